The van der Waals surface area contributed by atoms with Gasteiger partial charge in [-0.1, -0.05) is 50.3 Å². The van der Waals surface area contributed by atoms with E-state index in [0.717, 1.165) is 22.3 Å². The van der Waals surface area contributed by atoms with Gasteiger partial charge in [-0.3, -0.25) is 0 Å². The van der Waals surface area contributed by atoms with Gasteiger partial charge in [-0.15, -0.1) is 13.2 Å². The fourth-order valence-electron chi connectivity index (χ4n) is 3.31. The zero-order valence-corrected chi connectivity index (χ0v) is 18.5. The van der Waals surface area contributed by atoms with Crippen molar-refractivity contribution >= 4 is 12.2 Å². The number of amides is 2. The summed E-state index contributed by atoms with van der Waals surface area (Å²) in [6.45, 7) is 11.9. The number of ether oxygens (including phenoxy) is 1. The number of allylic oxidation sites excluding steroid dienone is 2. The highest BCUT2D eigenvalue weighted by Crippen LogP contribution is 2.36. The van der Waals surface area contributed by atoms with Crippen LogP contribution in [0.1, 0.15) is 36.1 Å². The molecule has 2 aromatic carbocycles. The van der Waals surface area contributed by atoms with E-state index in [4.69, 9.17) is 9.84 Å². The lowest BCUT2D eigenvalue weighted by Gasteiger charge is -2.28. The second kappa shape index (κ2) is 11.0. The molecule has 0 radical (unpaired) electrons. The molecule has 0 saturated heterocycles. The van der Waals surface area contributed by atoms with Gasteiger partial charge in [-0.25, -0.2) is 9.59 Å². The minimum absolute atomic E-state index is 0.0809. The lowest BCUT2D eigenvalue weighted by Crippen LogP contribution is -2.35. The maximum atomic E-state index is 12.1. The van der Waals surface area contributed by atoms with Crippen molar-refractivity contribution in [3.63, 3.8) is 0 Å². The summed E-state index contributed by atoms with van der Waals surface area (Å²) in [5.41, 5.74) is 3.29. The molecule has 7 nitrogen and oxygen atoms in total. The Morgan fingerprint density at radius 3 is 2.16 bits per heavy atom. The molecule has 0 fully saturated rings. The number of aromatic hydroxyl groups is 1. The largest absolute Gasteiger partial charge is 0.508 e. The number of phenolic OH excluding ortho intramolecular Hbond substituents is 1. The van der Waals surface area contributed by atoms with Crippen molar-refractivity contribution in [3.8, 4) is 11.5 Å². The van der Waals surface area contributed by atoms with E-state index >= 15 is 0 Å². The van der Waals surface area contributed by atoms with Gasteiger partial charge in [-0.2, -0.15) is 0 Å². The number of carbonyl (C=O) groups is 2. The van der Waals surface area contributed by atoms with Crippen molar-refractivity contribution in [1.29, 1.82) is 0 Å². The first-order valence-electron chi connectivity index (χ1n) is 10.3. The molecule has 170 valence electrons. The van der Waals surface area contributed by atoms with Crippen molar-refractivity contribution in [2.75, 3.05) is 13.1 Å². The summed E-state index contributed by atoms with van der Waals surface area (Å²) in [4.78, 5) is 22.5. The van der Waals surface area contributed by atoms with Crippen LogP contribution in [0.5, 0.6) is 11.5 Å². The Morgan fingerprint density at radius 2 is 1.53 bits per heavy atom. The molecular formula is C25H30N2O5. The highest BCUT2D eigenvalue weighted by atomic mass is 16.6. The Bertz CT molecular complexity index is 998. The summed E-state index contributed by atoms with van der Waals surface area (Å²) in [6, 6.07) is 11.2. The van der Waals surface area contributed by atoms with Crippen molar-refractivity contribution < 1.29 is 24.5 Å². The van der Waals surface area contributed by atoms with Crippen LogP contribution >= 0.6 is 0 Å². The molecule has 0 spiro atoms. The lowest BCUT2D eigenvalue weighted by atomic mass is 9.77. The van der Waals surface area contributed by atoms with E-state index in [-0.39, 0.29) is 24.3 Å². The number of hydrogen-bond acceptors (Lipinski definition) is 4. The number of nitrogens with one attached hydrogen (secondary N) is 2. The van der Waals surface area contributed by atoms with E-state index in [1.807, 2.05) is 24.3 Å². The molecule has 4 N–H and O–H groups in total. The normalized spacial score (nSPS) is 10.8. The number of carboxylic acid groups (broad SMARTS) is 1. The number of hydrogen-bond donors (Lipinski definition) is 4. The molecule has 2 amide bonds. The zero-order valence-electron chi connectivity index (χ0n) is 18.5. The molecule has 0 aliphatic carbocycles. The third-order valence-electron chi connectivity index (χ3n) is 5.19. The summed E-state index contributed by atoms with van der Waals surface area (Å²) in [5, 5.41) is 23.3. The first-order valence-corrected chi connectivity index (χ1v) is 10.3. The fraction of sp³-hybridized carbons (Fsp3) is 0.280. The van der Waals surface area contributed by atoms with Gasteiger partial charge in [0, 0.05) is 18.5 Å². The van der Waals surface area contributed by atoms with Gasteiger partial charge >= 0.3 is 12.2 Å². The van der Waals surface area contributed by atoms with Gasteiger partial charge in [0.15, 0.2) is 0 Å². The van der Waals surface area contributed by atoms with E-state index in [9.17, 15) is 14.7 Å². The maximum Gasteiger partial charge on any atom is 0.412 e. The molecule has 0 atom stereocenters. The van der Waals surface area contributed by atoms with Gasteiger partial charge in [0.25, 0.3) is 0 Å². The molecule has 0 aliphatic heterocycles. The van der Waals surface area contributed by atoms with E-state index in [1.165, 1.54) is 0 Å². The lowest BCUT2D eigenvalue weighted by molar-refractivity contribution is 0.191. The summed E-state index contributed by atoms with van der Waals surface area (Å²) in [7, 11) is 0. The van der Waals surface area contributed by atoms with Gasteiger partial charge < -0.3 is 25.6 Å². The quantitative estimate of drug-likeness (QED) is 0.322. The molecule has 0 saturated carbocycles. The van der Waals surface area contributed by atoms with Gasteiger partial charge in [0.05, 0.1) is 0 Å². The van der Waals surface area contributed by atoms with Crippen LogP contribution in [-0.4, -0.2) is 35.5 Å². The molecule has 2 rings (SSSR count). The van der Waals surface area contributed by atoms with Gasteiger partial charge in [0.1, 0.15) is 11.5 Å². The molecule has 0 unspecified atom stereocenters. The van der Waals surface area contributed by atoms with Crippen molar-refractivity contribution in [2.45, 2.75) is 32.1 Å². The second-order valence-electron chi connectivity index (χ2n) is 7.82. The monoisotopic (exact) mass is 438 g/mol. The average molecular weight is 439 g/mol. The Labute approximate surface area is 188 Å². The van der Waals surface area contributed by atoms with E-state index < -0.39 is 12.2 Å². The molecule has 0 bridgehead atoms. The Kier molecular flexibility index (Phi) is 8.46. The third-order valence-corrected chi connectivity index (χ3v) is 5.19. The fourth-order valence-corrected chi connectivity index (χ4v) is 3.31. The smallest absolute Gasteiger partial charge is 0.412 e. The average Bonchev–Trinajstić information content (AvgIpc) is 2.74. The van der Waals surface area contributed by atoms with Crippen LogP contribution in [0.4, 0.5) is 9.59 Å². The molecule has 2 aromatic rings. The van der Waals surface area contributed by atoms with Crippen LogP contribution in [0, 0.1) is 0 Å². The molecule has 0 heterocycles. The molecule has 32 heavy (non-hydrogen) atoms. The predicted molar refractivity (Wildman–Crippen MR) is 125 cm³/mol. The number of phenols is 1. The minimum atomic E-state index is -1.16. The molecule has 0 aromatic heterocycles. The SMILES string of the molecule is C=CCc1cc(C(C)(C)c2ccc(OC(=O)NCCNC(=O)O)c(CC=C)c2)ccc1O. The van der Waals surface area contributed by atoms with Crippen molar-refractivity contribution in [3.05, 3.63) is 84.0 Å². The molecule has 7 heteroatoms. The number of benzene rings is 2. The van der Waals surface area contributed by atoms with E-state index in [2.05, 4.69) is 37.6 Å². The second-order valence-corrected chi connectivity index (χ2v) is 7.82. The summed E-state index contributed by atoms with van der Waals surface area (Å²) < 4.78 is 5.43. The number of carbonyl (C=O) groups excluding carboxylic acids is 1. The van der Waals surface area contributed by atoms with Crippen LogP contribution in [0.2, 0.25) is 0 Å². The predicted octanol–water partition coefficient (Wildman–Crippen LogP) is 4.53. The first-order chi connectivity index (χ1) is 15.2. The minimum Gasteiger partial charge on any atom is -0.508 e. The number of rotatable bonds is 10. The third kappa shape index (κ3) is 6.38. The van der Waals surface area contributed by atoms with Crippen molar-refractivity contribution in [2.24, 2.45) is 0 Å². The Hall–Kier alpha value is -3.74. The highest BCUT2D eigenvalue weighted by Gasteiger charge is 2.25. The van der Waals surface area contributed by atoms with Crippen LogP contribution in [0.15, 0.2) is 61.7 Å². The molecular weight excluding hydrogens is 408 g/mol. The standard InChI is InChI=1S/C25H30N2O5/c1-5-7-17-15-19(9-11-21(17)28)25(3,4)20-10-12-22(18(16-20)8-6-2)32-24(31)27-14-13-26-23(29)30/h5-6,9-12,15-16,26,28H,1-2,7-8,13-14H2,3-4H3,(H,27,31)(H,29,30). The van der Waals surface area contributed by atoms with Crippen LogP contribution in [-0.2, 0) is 18.3 Å². The summed E-state index contributed by atoms with van der Waals surface area (Å²) >= 11 is 0. The maximum absolute atomic E-state index is 12.1. The Balaban J connectivity index is 2.25. The first kappa shape index (κ1) is 24.5. The van der Waals surface area contributed by atoms with Crippen LogP contribution < -0.4 is 15.4 Å². The van der Waals surface area contributed by atoms with Gasteiger partial charge in [-0.05, 0) is 47.2 Å². The summed E-state index contributed by atoms with van der Waals surface area (Å²) in [6.07, 6.45) is 2.74. The molecule has 0 aliphatic rings. The zero-order chi connectivity index (χ0) is 23.7. The Morgan fingerprint density at radius 1 is 0.969 bits per heavy atom. The van der Waals surface area contributed by atoms with Crippen LogP contribution in [0.3, 0.4) is 0 Å². The topological polar surface area (TPSA) is 108 Å². The van der Waals surface area contributed by atoms with Crippen molar-refractivity contribution in [1.82, 2.24) is 10.6 Å². The van der Waals surface area contributed by atoms with E-state index in [0.29, 0.717) is 18.6 Å². The van der Waals surface area contributed by atoms with Gasteiger partial charge in [0.2, 0.25) is 0 Å². The highest BCUT2D eigenvalue weighted by molar-refractivity contribution is 5.71. The van der Waals surface area contributed by atoms with Crippen LogP contribution in [0.25, 0.3) is 0 Å². The summed E-state index contributed by atoms with van der Waals surface area (Å²) in [5.74, 6) is 0.649. The van der Waals surface area contributed by atoms with E-state index in [1.54, 1.807) is 24.3 Å².